The molecular formula is C19H17F9N4O4. The number of hydrogen-bond acceptors (Lipinski definition) is 6. The number of nitrogens with one attached hydrogen (secondary N) is 1. The molecule has 0 atom stereocenters. The summed E-state index contributed by atoms with van der Waals surface area (Å²) >= 11 is 0. The van der Waals surface area contributed by atoms with Crippen molar-refractivity contribution in [1.82, 2.24) is 9.97 Å². The molecule has 1 N–H and O–H groups in total. The zero-order chi connectivity index (χ0) is 27.1. The largest absolute Gasteiger partial charge is 0.468 e. The predicted octanol–water partition coefficient (Wildman–Crippen LogP) is 5.41. The summed E-state index contributed by atoms with van der Waals surface area (Å²) < 4.78 is 127. The Morgan fingerprint density at radius 3 is 1.81 bits per heavy atom. The molecule has 2 amide bonds. The predicted molar refractivity (Wildman–Crippen MR) is 105 cm³/mol. The fourth-order valence-corrected chi connectivity index (χ4v) is 2.35. The van der Waals surface area contributed by atoms with Crippen LogP contribution in [0.2, 0.25) is 0 Å². The number of anilines is 2. The van der Waals surface area contributed by atoms with Crippen LogP contribution in [0, 0.1) is 0 Å². The maximum Gasteiger partial charge on any atom is 0.422 e. The van der Waals surface area contributed by atoms with E-state index in [1.54, 1.807) is 6.92 Å². The van der Waals surface area contributed by atoms with Crippen molar-refractivity contribution < 1.29 is 58.5 Å². The molecule has 0 unspecified atom stereocenters. The smallest absolute Gasteiger partial charge is 0.422 e. The van der Waals surface area contributed by atoms with Gasteiger partial charge in [0.05, 0.1) is 11.6 Å². The van der Waals surface area contributed by atoms with Gasteiger partial charge in [0.2, 0.25) is 17.7 Å². The second-order valence-corrected chi connectivity index (χ2v) is 6.70. The van der Waals surface area contributed by atoms with Crippen LogP contribution in [0.1, 0.15) is 12.5 Å². The molecule has 1 heterocycles. The molecule has 0 aliphatic rings. The second kappa shape index (κ2) is 11.5. The summed E-state index contributed by atoms with van der Waals surface area (Å²) in [5.74, 6) is -2.56. The zero-order valence-electron chi connectivity index (χ0n) is 18.1. The van der Waals surface area contributed by atoms with Gasteiger partial charge in [0.15, 0.2) is 13.2 Å². The lowest BCUT2D eigenvalue weighted by Gasteiger charge is -2.23. The maximum atomic E-state index is 12.8. The van der Waals surface area contributed by atoms with Crippen LogP contribution in [0.25, 0.3) is 0 Å². The molecule has 36 heavy (non-hydrogen) atoms. The molecule has 0 spiro atoms. The highest BCUT2D eigenvalue weighted by Crippen LogP contribution is 2.31. The number of halogens is 9. The molecule has 0 aliphatic heterocycles. The van der Waals surface area contributed by atoms with Crippen LogP contribution in [0.4, 0.5) is 55.9 Å². The van der Waals surface area contributed by atoms with Crippen LogP contribution >= 0.6 is 0 Å². The van der Waals surface area contributed by atoms with Gasteiger partial charge in [-0.1, -0.05) is 0 Å². The van der Waals surface area contributed by atoms with E-state index in [0.717, 1.165) is 17.0 Å². The summed E-state index contributed by atoms with van der Waals surface area (Å²) in [6.45, 7) is -2.58. The number of benzene rings is 1. The number of urea groups is 1. The first-order valence-electron chi connectivity index (χ1n) is 9.69. The minimum atomic E-state index is -4.82. The minimum Gasteiger partial charge on any atom is -0.468 e. The lowest BCUT2D eigenvalue weighted by molar-refractivity contribution is -0.154. The third-order valence-electron chi connectivity index (χ3n) is 3.84. The summed E-state index contributed by atoms with van der Waals surface area (Å²) in [5, 5.41) is 2.01. The number of aromatic nitrogens is 2. The van der Waals surface area contributed by atoms with Gasteiger partial charge < -0.3 is 14.2 Å². The fraction of sp³-hybridized carbons (Fsp3) is 0.421. The first-order valence-corrected chi connectivity index (χ1v) is 9.69. The summed E-state index contributed by atoms with van der Waals surface area (Å²) in [4.78, 5) is 20.5. The fourth-order valence-electron chi connectivity index (χ4n) is 2.35. The number of rotatable bonds is 9. The average molecular weight is 536 g/mol. The Labute approximate surface area is 197 Å². The van der Waals surface area contributed by atoms with Gasteiger partial charge in [-0.05, 0) is 31.2 Å². The van der Waals surface area contributed by atoms with Crippen LogP contribution in [-0.4, -0.2) is 54.9 Å². The number of hydrogen-bond donors (Lipinski definition) is 1. The summed E-state index contributed by atoms with van der Waals surface area (Å²) in [7, 11) is 0. The van der Waals surface area contributed by atoms with Crippen molar-refractivity contribution >= 4 is 17.7 Å². The SMILES string of the molecule is CCOCN(C(=O)Nc1nc(OCC(F)(F)F)cc(OCC(F)(F)F)n1)c1ccc(C(F)(F)F)cc1. The van der Waals surface area contributed by atoms with E-state index in [0.29, 0.717) is 18.2 Å². The first-order chi connectivity index (χ1) is 16.6. The normalized spacial score (nSPS) is 12.3. The molecule has 8 nitrogen and oxygen atoms in total. The van der Waals surface area contributed by atoms with Gasteiger partial charge >= 0.3 is 24.6 Å². The van der Waals surface area contributed by atoms with Crippen molar-refractivity contribution in [3.05, 3.63) is 35.9 Å². The van der Waals surface area contributed by atoms with Gasteiger partial charge in [-0.15, -0.1) is 0 Å². The molecule has 0 saturated carbocycles. The number of amides is 2. The molecule has 0 radical (unpaired) electrons. The molecule has 2 aromatic rings. The van der Waals surface area contributed by atoms with E-state index in [1.807, 2.05) is 5.32 Å². The molecule has 0 bridgehead atoms. The van der Waals surface area contributed by atoms with Crippen LogP contribution in [0.5, 0.6) is 11.8 Å². The van der Waals surface area contributed by atoms with Crippen molar-refractivity contribution in [3.63, 3.8) is 0 Å². The van der Waals surface area contributed by atoms with Gasteiger partial charge in [0.25, 0.3) is 0 Å². The van der Waals surface area contributed by atoms with E-state index in [1.165, 1.54) is 0 Å². The standard InChI is InChI=1S/C19H17F9N4O4/c1-2-34-10-32(12-5-3-11(4-6-12)19(26,27)28)16(33)31-15-29-13(35-8-17(20,21)22)7-14(30-15)36-9-18(23,24)25/h3-7H,2,8-10H2,1H3,(H,29,30,31,33). The Morgan fingerprint density at radius 1 is 0.889 bits per heavy atom. The highest BCUT2D eigenvalue weighted by Gasteiger charge is 2.32. The molecule has 1 aromatic heterocycles. The van der Waals surface area contributed by atoms with Gasteiger partial charge in [0.1, 0.15) is 6.73 Å². The number of ether oxygens (including phenoxy) is 3. The number of carbonyl (C=O) groups excluding carboxylic acids is 1. The first kappa shape index (κ1) is 28.7. The molecule has 0 saturated heterocycles. The Balaban J connectivity index is 2.31. The number of nitrogens with zero attached hydrogens (tertiary/aromatic N) is 3. The Kier molecular flexibility index (Phi) is 9.17. The van der Waals surface area contributed by atoms with Crippen LogP contribution in [0.3, 0.4) is 0 Å². The van der Waals surface area contributed by atoms with E-state index >= 15 is 0 Å². The van der Waals surface area contributed by atoms with Crippen molar-refractivity contribution in [3.8, 4) is 11.8 Å². The van der Waals surface area contributed by atoms with Crippen molar-refractivity contribution in [1.29, 1.82) is 0 Å². The van der Waals surface area contributed by atoms with Gasteiger partial charge in [-0.2, -0.15) is 49.5 Å². The Bertz CT molecular complexity index is 976. The second-order valence-electron chi connectivity index (χ2n) is 6.70. The van der Waals surface area contributed by atoms with Crippen LogP contribution < -0.4 is 19.7 Å². The lowest BCUT2D eigenvalue weighted by Crippen LogP contribution is -2.37. The maximum absolute atomic E-state index is 12.8. The third kappa shape index (κ3) is 9.63. The summed E-state index contributed by atoms with van der Waals surface area (Å²) in [6, 6.07) is 2.67. The zero-order valence-corrected chi connectivity index (χ0v) is 18.1. The minimum absolute atomic E-state index is 0.0805. The van der Waals surface area contributed by atoms with Gasteiger partial charge in [-0.25, -0.2) is 4.79 Å². The van der Waals surface area contributed by atoms with E-state index < -0.39 is 67.8 Å². The molecule has 2 rings (SSSR count). The number of carbonyl (C=O) groups is 1. The molecular weight excluding hydrogens is 519 g/mol. The van der Waals surface area contributed by atoms with Gasteiger partial charge in [0, 0.05) is 12.3 Å². The molecule has 200 valence electrons. The van der Waals surface area contributed by atoms with Gasteiger partial charge in [-0.3, -0.25) is 10.2 Å². The average Bonchev–Trinajstić information content (AvgIpc) is 2.75. The molecule has 0 aliphatic carbocycles. The summed E-state index contributed by atoms with van der Waals surface area (Å²) in [6.07, 6.45) is -14.3. The molecule has 1 aromatic carbocycles. The van der Waals surface area contributed by atoms with E-state index in [4.69, 9.17) is 4.74 Å². The van der Waals surface area contributed by atoms with Crippen LogP contribution in [-0.2, 0) is 10.9 Å². The Hall–Kier alpha value is -3.50. The Morgan fingerprint density at radius 2 is 1.39 bits per heavy atom. The lowest BCUT2D eigenvalue weighted by atomic mass is 10.2. The quantitative estimate of drug-likeness (QED) is 0.341. The van der Waals surface area contributed by atoms with Crippen LogP contribution in [0.15, 0.2) is 30.3 Å². The highest BCUT2D eigenvalue weighted by atomic mass is 19.4. The topological polar surface area (TPSA) is 85.8 Å². The van der Waals surface area contributed by atoms with E-state index in [2.05, 4.69) is 19.4 Å². The number of alkyl halides is 9. The van der Waals surface area contributed by atoms with E-state index in [-0.39, 0.29) is 12.3 Å². The van der Waals surface area contributed by atoms with Crippen molar-refractivity contribution in [2.75, 3.05) is 36.8 Å². The summed E-state index contributed by atoms with van der Waals surface area (Å²) in [5.41, 5.74) is -1.10. The third-order valence-corrected chi connectivity index (χ3v) is 3.84. The van der Waals surface area contributed by atoms with Crippen molar-refractivity contribution in [2.45, 2.75) is 25.5 Å². The van der Waals surface area contributed by atoms with E-state index in [9.17, 15) is 44.3 Å². The molecule has 0 fully saturated rings. The highest BCUT2D eigenvalue weighted by molar-refractivity contribution is 6.00. The molecule has 17 heteroatoms. The van der Waals surface area contributed by atoms with Crippen molar-refractivity contribution in [2.24, 2.45) is 0 Å². The monoisotopic (exact) mass is 536 g/mol.